The predicted molar refractivity (Wildman–Crippen MR) is 71.3 cm³/mol. The van der Waals surface area contributed by atoms with Crippen LogP contribution in [-0.4, -0.2) is 16.5 Å². The first-order valence-electron chi connectivity index (χ1n) is 5.65. The van der Waals surface area contributed by atoms with Crippen molar-refractivity contribution in [2.45, 2.75) is 13.8 Å². The van der Waals surface area contributed by atoms with Crippen molar-refractivity contribution >= 4 is 17.4 Å². The Hall–Kier alpha value is -1.68. The number of hydrogen-bond acceptors (Lipinski definition) is 3. The molecule has 5 heteroatoms. The van der Waals surface area contributed by atoms with E-state index in [1.807, 2.05) is 6.92 Å². The molecule has 0 amide bonds. The fourth-order valence-electron chi connectivity index (χ4n) is 1.67. The molecule has 1 aromatic carbocycles. The summed E-state index contributed by atoms with van der Waals surface area (Å²) in [6.45, 7) is 4.50. The summed E-state index contributed by atoms with van der Waals surface area (Å²) in [5.74, 6) is 0.898. The van der Waals surface area contributed by atoms with Crippen molar-refractivity contribution in [3.8, 4) is 11.3 Å². The fourth-order valence-corrected chi connectivity index (χ4v) is 1.83. The Morgan fingerprint density at radius 2 is 2.06 bits per heavy atom. The lowest BCUT2D eigenvalue weighted by molar-refractivity contribution is 0.630. The Morgan fingerprint density at radius 1 is 1.28 bits per heavy atom. The van der Waals surface area contributed by atoms with E-state index in [0.717, 1.165) is 6.54 Å². The van der Waals surface area contributed by atoms with E-state index in [-0.39, 0.29) is 5.82 Å². The van der Waals surface area contributed by atoms with E-state index in [1.54, 1.807) is 25.1 Å². The van der Waals surface area contributed by atoms with E-state index in [4.69, 9.17) is 11.6 Å². The Morgan fingerprint density at radius 3 is 2.72 bits per heavy atom. The average Bonchev–Trinajstić information content (AvgIpc) is 2.28. The minimum atomic E-state index is -0.386. The molecule has 3 nitrogen and oxygen atoms in total. The molecular formula is C13H13ClFN3. The molecule has 2 aromatic rings. The molecular weight excluding hydrogens is 253 g/mol. The molecule has 0 unspecified atom stereocenters. The molecule has 18 heavy (non-hydrogen) atoms. The summed E-state index contributed by atoms with van der Waals surface area (Å²) in [6.07, 6.45) is 0. The Bertz CT molecular complexity index is 572. The normalized spacial score (nSPS) is 10.4. The zero-order chi connectivity index (χ0) is 13.1. The van der Waals surface area contributed by atoms with E-state index < -0.39 is 0 Å². The number of benzene rings is 1. The molecule has 0 saturated carbocycles. The van der Waals surface area contributed by atoms with Gasteiger partial charge in [-0.2, -0.15) is 0 Å². The van der Waals surface area contributed by atoms with Crippen LogP contribution >= 0.6 is 11.6 Å². The summed E-state index contributed by atoms with van der Waals surface area (Å²) in [5.41, 5.74) is 0.969. The van der Waals surface area contributed by atoms with Crippen LogP contribution in [0.5, 0.6) is 0 Å². The van der Waals surface area contributed by atoms with Gasteiger partial charge in [0.15, 0.2) is 0 Å². The number of nitrogens with zero attached hydrogens (tertiary/aromatic N) is 2. The monoisotopic (exact) mass is 265 g/mol. The van der Waals surface area contributed by atoms with Gasteiger partial charge in [0, 0.05) is 23.2 Å². The summed E-state index contributed by atoms with van der Waals surface area (Å²) in [7, 11) is 0. The second kappa shape index (κ2) is 5.31. The van der Waals surface area contributed by atoms with Crippen molar-refractivity contribution < 1.29 is 4.39 Å². The molecule has 1 heterocycles. The molecule has 1 N–H and O–H groups in total. The van der Waals surface area contributed by atoms with Crippen LogP contribution < -0.4 is 5.32 Å². The van der Waals surface area contributed by atoms with Gasteiger partial charge in [0.25, 0.3) is 0 Å². The third-order valence-corrected chi connectivity index (χ3v) is 2.64. The van der Waals surface area contributed by atoms with Gasteiger partial charge >= 0.3 is 0 Å². The van der Waals surface area contributed by atoms with E-state index in [0.29, 0.717) is 27.9 Å². The first kappa shape index (κ1) is 12.8. The Kier molecular flexibility index (Phi) is 3.77. The van der Waals surface area contributed by atoms with E-state index in [9.17, 15) is 4.39 Å². The van der Waals surface area contributed by atoms with Crippen molar-refractivity contribution in [1.82, 2.24) is 9.97 Å². The highest BCUT2D eigenvalue weighted by atomic mass is 35.5. The van der Waals surface area contributed by atoms with Crippen molar-refractivity contribution in [2.24, 2.45) is 0 Å². The first-order valence-corrected chi connectivity index (χ1v) is 6.03. The van der Waals surface area contributed by atoms with Gasteiger partial charge in [-0.25, -0.2) is 14.4 Å². The average molecular weight is 266 g/mol. The molecule has 0 saturated heterocycles. The molecule has 1 aromatic heterocycles. The Balaban J connectivity index is 2.49. The smallest absolute Gasteiger partial charge is 0.134 e. The second-order valence-electron chi connectivity index (χ2n) is 3.84. The molecule has 0 bridgehead atoms. The molecule has 0 radical (unpaired) electrons. The van der Waals surface area contributed by atoms with Crippen molar-refractivity contribution in [1.29, 1.82) is 0 Å². The second-order valence-corrected chi connectivity index (χ2v) is 4.28. The SMILES string of the molecule is CCNc1cc(-c2ccc(Cl)cc2F)nc(C)n1. The summed E-state index contributed by atoms with van der Waals surface area (Å²) in [4.78, 5) is 8.47. The van der Waals surface area contributed by atoms with Crippen molar-refractivity contribution in [3.63, 3.8) is 0 Å². The maximum absolute atomic E-state index is 13.8. The molecule has 0 aliphatic rings. The lowest BCUT2D eigenvalue weighted by atomic mass is 10.1. The third kappa shape index (κ3) is 2.76. The molecule has 0 fully saturated rings. The van der Waals surface area contributed by atoms with Crippen LogP contribution in [0.4, 0.5) is 10.2 Å². The molecule has 0 atom stereocenters. The van der Waals surface area contributed by atoms with Crippen molar-refractivity contribution in [3.05, 3.63) is 40.9 Å². The summed E-state index contributed by atoms with van der Waals surface area (Å²) < 4.78 is 13.8. The van der Waals surface area contributed by atoms with Gasteiger partial charge in [0.1, 0.15) is 17.5 Å². The highest BCUT2D eigenvalue weighted by molar-refractivity contribution is 6.30. The van der Waals surface area contributed by atoms with E-state index in [1.165, 1.54) is 6.07 Å². The van der Waals surface area contributed by atoms with Crippen LogP contribution in [0.15, 0.2) is 24.3 Å². The molecule has 94 valence electrons. The predicted octanol–water partition coefficient (Wildman–Crippen LogP) is 3.68. The topological polar surface area (TPSA) is 37.8 Å². The van der Waals surface area contributed by atoms with Gasteiger partial charge in [-0.15, -0.1) is 0 Å². The lowest BCUT2D eigenvalue weighted by Crippen LogP contribution is -2.02. The molecule has 0 spiro atoms. The van der Waals surface area contributed by atoms with Gasteiger partial charge in [0.05, 0.1) is 5.69 Å². The van der Waals surface area contributed by atoms with Crippen molar-refractivity contribution in [2.75, 3.05) is 11.9 Å². The van der Waals surface area contributed by atoms with Gasteiger partial charge < -0.3 is 5.32 Å². The van der Waals surface area contributed by atoms with Gasteiger partial charge in [0.2, 0.25) is 0 Å². The number of nitrogens with one attached hydrogen (secondary N) is 1. The van der Waals surface area contributed by atoms with E-state index in [2.05, 4.69) is 15.3 Å². The number of aromatic nitrogens is 2. The van der Waals surface area contributed by atoms with E-state index >= 15 is 0 Å². The third-order valence-electron chi connectivity index (χ3n) is 2.40. The number of aryl methyl sites for hydroxylation is 1. The zero-order valence-corrected chi connectivity index (χ0v) is 10.9. The minimum absolute atomic E-state index is 0.369. The van der Waals surface area contributed by atoms with Crippen LogP contribution in [0, 0.1) is 12.7 Å². The van der Waals surface area contributed by atoms with Gasteiger partial charge in [-0.05, 0) is 32.0 Å². The quantitative estimate of drug-likeness (QED) is 0.920. The standard InChI is InChI=1S/C13H13ClFN3/c1-3-16-13-7-12(17-8(2)18-13)10-5-4-9(14)6-11(10)15/h4-7H,3H2,1-2H3,(H,16,17,18). The summed E-state index contributed by atoms with van der Waals surface area (Å²) in [5, 5.41) is 3.46. The number of rotatable bonds is 3. The summed E-state index contributed by atoms with van der Waals surface area (Å²) >= 11 is 5.73. The molecule has 0 aliphatic carbocycles. The first-order chi connectivity index (χ1) is 8.60. The number of halogens is 2. The summed E-state index contributed by atoms with van der Waals surface area (Å²) in [6, 6.07) is 6.27. The van der Waals surface area contributed by atoms with Gasteiger partial charge in [-0.1, -0.05) is 11.6 Å². The highest BCUT2D eigenvalue weighted by Gasteiger charge is 2.09. The van der Waals surface area contributed by atoms with Crippen LogP contribution in [0.3, 0.4) is 0 Å². The minimum Gasteiger partial charge on any atom is -0.370 e. The molecule has 2 rings (SSSR count). The maximum atomic E-state index is 13.8. The molecule has 0 aliphatic heterocycles. The van der Waals surface area contributed by atoms with Gasteiger partial charge in [-0.3, -0.25) is 0 Å². The maximum Gasteiger partial charge on any atom is 0.134 e. The van der Waals surface area contributed by atoms with Crippen LogP contribution in [0.2, 0.25) is 5.02 Å². The largest absolute Gasteiger partial charge is 0.370 e. The highest BCUT2D eigenvalue weighted by Crippen LogP contribution is 2.25. The fraction of sp³-hybridized carbons (Fsp3) is 0.231. The van der Waals surface area contributed by atoms with Crippen LogP contribution in [-0.2, 0) is 0 Å². The zero-order valence-electron chi connectivity index (χ0n) is 10.2. The van der Waals surface area contributed by atoms with Crippen LogP contribution in [0.25, 0.3) is 11.3 Å². The lowest BCUT2D eigenvalue weighted by Gasteiger charge is -2.08. The number of anilines is 1. The number of hydrogen-bond donors (Lipinski definition) is 1. The Labute approximate surface area is 110 Å². The van der Waals surface area contributed by atoms with Crippen LogP contribution in [0.1, 0.15) is 12.7 Å².